The molecule has 2 aliphatic rings. The Morgan fingerprint density at radius 2 is 1.77 bits per heavy atom. The van der Waals surface area contributed by atoms with Gasteiger partial charge in [-0.15, -0.1) is 0 Å². The lowest BCUT2D eigenvalue weighted by Gasteiger charge is -2.40. The number of urea groups is 1. The van der Waals surface area contributed by atoms with Gasteiger partial charge in [-0.25, -0.2) is 4.79 Å². The summed E-state index contributed by atoms with van der Waals surface area (Å²) in [6, 6.07) is 11.5. The Morgan fingerprint density at radius 3 is 2.44 bits per heavy atom. The molecule has 210 valence electrons. The maximum atomic E-state index is 13.2. The third-order valence-corrected chi connectivity index (χ3v) is 8.66. The molecule has 2 N–H and O–H groups in total. The van der Waals surface area contributed by atoms with Gasteiger partial charge < -0.3 is 25.1 Å². The summed E-state index contributed by atoms with van der Waals surface area (Å²) in [6.07, 6.45) is 2.63. The number of piperidine rings is 1. The lowest BCUT2D eigenvalue weighted by molar-refractivity contribution is -0.138. The van der Waals surface area contributed by atoms with Crippen molar-refractivity contribution in [1.82, 2.24) is 14.7 Å². The number of nitrogens with zero attached hydrogens (tertiary/aromatic N) is 3. The zero-order chi connectivity index (χ0) is 28.1. The van der Waals surface area contributed by atoms with Crippen LogP contribution in [-0.2, 0) is 22.7 Å². The number of hydrogen-bond acceptors (Lipinski definition) is 4. The number of rotatable bonds is 9. The first-order valence-electron chi connectivity index (χ1n) is 13.5. The van der Waals surface area contributed by atoms with E-state index in [1.54, 1.807) is 4.90 Å². The number of phenols is 1. The molecule has 0 atom stereocenters. The number of anilines is 1. The van der Waals surface area contributed by atoms with E-state index in [1.165, 1.54) is 0 Å². The van der Waals surface area contributed by atoms with E-state index in [4.69, 9.17) is 0 Å². The fraction of sp³-hybridized carbons (Fsp3) is 0.483. The second-order valence-corrected chi connectivity index (χ2v) is 12.4. The summed E-state index contributed by atoms with van der Waals surface area (Å²) in [6.45, 7) is 6.99. The van der Waals surface area contributed by atoms with E-state index in [2.05, 4.69) is 51.0 Å². The van der Waals surface area contributed by atoms with E-state index in [-0.39, 0.29) is 42.5 Å². The summed E-state index contributed by atoms with van der Waals surface area (Å²) in [5.41, 5.74) is 2.86. The summed E-state index contributed by atoms with van der Waals surface area (Å²) in [5, 5.41) is 13.0. The summed E-state index contributed by atoms with van der Waals surface area (Å²) in [7, 11) is 0. The first-order chi connectivity index (χ1) is 18.6. The van der Waals surface area contributed by atoms with Gasteiger partial charge in [0, 0.05) is 57.3 Å². The van der Waals surface area contributed by atoms with Crippen LogP contribution in [0, 0.1) is 5.92 Å². The van der Waals surface area contributed by atoms with Gasteiger partial charge >= 0.3 is 6.03 Å². The van der Waals surface area contributed by atoms with Gasteiger partial charge in [0.05, 0.1) is 8.95 Å². The number of likely N-dealkylation sites (tertiary alicyclic amines) is 1. The maximum Gasteiger partial charge on any atom is 0.322 e. The Kier molecular flexibility index (Phi) is 9.93. The molecule has 0 spiro atoms. The van der Waals surface area contributed by atoms with E-state index >= 15 is 0 Å². The van der Waals surface area contributed by atoms with Crippen LogP contribution >= 0.6 is 31.9 Å². The van der Waals surface area contributed by atoms with Crippen molar-refractivity contribution in [2.24, 2.45) is 5.92 Å². The van der Waals surface area contributed by atoms with Crippen LogP contribution < -0.4 is 5.32 Å². The molecule has 1 fully saturated rings. The van der Waals surface area contributed by atoms with Crippen LogP contribution in [0.3, 0.4) is 0 Å². The molecule has 4 rings (SSSR count). The summed E-state index contributed by atoms with van der Waals surface area (Å²) in [5.74, 6) is 0.493. The monoisotopic (exact) mass is 662 g/mol. The molecule has 10 heteroatoms. The average Bonchev–Trinajstić information content (AvgIpc) is 2.92. The minimum Gasteiger partial charge on any atom is -0.506 e. The smallest absolute Gasteiger partial charge is 0.322 e. The van der Waals surface area contributed by atoms with E-state index in [0.717, 1.165) is 36.1 Å². The number of nitrogens with one attached hydrogen (secondary N) is 1. The van der Waals surface area contributed by atoms with Crippen molar-refractivity contribution in [3.8, 4) is 5.75 Å². The van der Waals surface area contributed by atoms with Crippen molar-refractivity contribution in [1.29, 1.82) is 0 Å². The van der Waals surface area contributed by atoms with Crippen molar-refractivity contribution >= 4 is 55.4 Å². The number of carbonyl (C=O) groups excluding carboxylic acids is 3. The molecule has 0 unspecified atom stereocenters. The number of phenolic OH excluding ortho intramolecular Hbond substituents is 1. The van der Waals surface area contributed by atoms with Gasteiger partial charge in [0.1, 0.15) is 5.75 Å². The summed E-state index contributed by atoms with van der Waals surface area (Å²) < 4.78 is 1.13. The van der Waals surface area contributed by atoms with Gasteiger partial charge in [0.15, 0.2) is 0 Å². The van der Waals surface area contributed by atoms with Gasteiger partial charge in [-0.05, 0) is 86.4 Å². The summed E-state index contributed by atoms with van der Waals surface area (Å²) >= 11 is 6.72. The lowest BCUT2D eigenvalue weighted by atomic mass is 10.0. The largest absolute Gasteiger partial charge is 0.506 e. The predicted octanol–water partition coefficient (Wildman–Crippen LogP) is 6.11. The zero-order valence-corrected chi connectivity index (χ0v) is 25.6. The number of fused-ring (bicyclic) bond motifs is 1. The third-order valence-electron chi connectivity index (χ3n) is 7.45. The highest BCUT2D eigenvalue weighted by Gasteiger charge is 2.32. The number of amides is 4. The number of carbonyl (C=O) groups is 3. The molecule has 4 amide bonds. The topological polar surface area (TPSA) is 93.2 Å². The first kappa shape index (κ1) is 29.4. The van der Waals surface area contributed by atoms with Crippen LogP contribution in [0.1, 0.15) is 57.1 Å². The van der Waals surface area contributed by atoms with E-state index in [1.807, 2.05) is 46.2 Å². The van der Waals surface area contributed by atoms with Crippen LogP contribution in [0.2, 0.25) is 0 Å². The Hall–Kier alpha value is -2.59. The van der Waals surface area contributed by atoms with E-state index in [0.29, 0.717) is 47.6 Å². The Labute approximate surface area is 247 Å². The van der Waals surface area contributed by atoms with Gasteiger partial charge in [-0.2, -0.15) is 0 Å². The Balaban J connectivity index is 1.29. The number of hydrogen-bond donors (Lipinski definition) is 2. The fourth-order valence-electron chi connectivity index (χ4n) is 5.11. The van der Waals surface area contributed by atoms with Crippen molar-refractivity contribution in [3.63, 3.8) is 0 Å². The molecule has 1 saturated heterocycles. The number of aromatic hydroxyl groups is 1. The molecule has 2 aliphatic heterocycles. The summed E-state index contributed by atoms with van der Waals surface area (Å²) in [4.78, 5) is 44.4. The Morgan fingerprint density at radius 1 is 1.10 bits per heavy atom. The van der Waals surface area contributed by atoms with E-state index < -0.39 is 0 Å². The van der Waals surface area contributed by atoms with Gasteiger partial charge in [-0.3, -0.25) is 9.59 Å². The Bertz CT molecular complexity index is 1190. The highest BCUT2D eigenvalue weighted by Crippen LogP contribution is 2.34. The second kappa shape index (κ2) is 13.2. The molecule has 0 aromatic heterocycles. The first-order valence-corrected chi connectivity index (χ1v) is 15.1. The number of para-hydroxylation sites is 1. The van der Waals surface area contributed by atoms with Crippen molar-refractivity contribution in [2.75, 3.05) is 25.0 Å². The van der Waals surface area contributed by atoms with Crippen LogP contribution in [0.25, 0.3) is 0 Å². The second-order valence-electron chi connectivity index (χ2n) is 10.7. The molecular formula is C29H36Br2N4O4. The van der Waals surface area contributed by atoms with Crippen molar-refractivity contribution in [3.05, 3.63) is 56.5 Å². The molecule has 39 heavy (non-hydrogen) atoms. The maximum absolute atomic E-state index is 13.2. The molecule has 2 aromatic rings. The van der Waals surface area contributed by atoms with Crippen LogP contribution in [-0.4, -0.2) is 63.3 Å². The normalized spacial score (nSPS) is 15.8. The number of benzene rings is 2. The van der Waals surface area contributed by atoms with Crippen molar-refractivity contribution < 1.29 is 19.5 Å². The van der Waals surface area contributed by atoms with Crippen molar-refractivity contribution in [2.45, 2.75) is 65.1 Å². The van der Waals surface area contributed by atoms with Crippen LogP contribution in [0.5, 0.6) is 5.75 Å². The molecule has 0 aliphatic carbocycles. The quantitative estimate of drug-likeness (QED) is 0.339. The van der Waals surface area contributed by atoms with Gasteiger partial charge in [-0.1, -0.05) is 32.0 Å². The standard InChI is InChI=1S/C29H36Br2N4O4/c1-19(2)9-12-34(17-20-15-23(30)28(38)24(31)16-20)27(37)8-7-26(36)33-13-10-22(11-14-33)35-18-21-5-3-4-6-25(21)32-29(35)39/h3-6,15-16,19,22,38H,7-14,17-18H2,1-2H3,(H,32,39). The fourth-order valence-corrected chi connectivity index (χ4v) is 6.39. The number of halogens is 2. The molecule has 0 radical (unpaired) electrons. The highest BCUT2D eigenvalue weighted by atomic mass is 79.9. The highest BCUT2D eigenvalue weighted by molar-refractivity contribution is 9.11. The molecule has 2 aromatic carbocycles. The molecular weight excluding hydrogens is 628 g/mol. The average molecular weight is 664 g/mol. The predicted molar refractivity (Wildman–Crippen MR) is 158 cm³/mol. The molecule has 2 heterocycles. The third kappa shape index (κ3) is 7.54. The van der Waals surface area contributed by atoms with Crippen LogP contribution in [0.4, 0.5) is 10.5 Å². The van der Waals surface area contributed by atoms with Crippen LogP contribution in [0.15, 0.2) is 45.3 Å². The van der Waals surface area contributed by atoms with Gasteiger partial charge in [0.2, 0.25) is 11.8 Å². The minimum absolute atomic E-state index is 0.0193. The SMILES string of the molecule is CC(C)CCN(Cc1cc(Br)c(O)c(Br)c1)C(=O)CCC(=O)N1CCC(N2Cc3ccccc3NC2=O)CC1. The minimum atomic E-state index is -0.0850. The zero-order valence-electron chi connectivity index (χ0n) is 22.5. The molecule has 0 bridgehead atoms. The molecule has 8 nitrogen and oxygen atoms in total. The lowest BCUT2D eigenvalue weighted by Crippen LogP contribution is -2.51. The van der Waals surface area contributed by atoms with E-state index in [9.17, 15) is 19.5 Å². The molecule has 0 saturated carbocycles. The van der Waals surface area contributed by atoms with Gasteiger partial charge in [0.25, 0.3) is 0 Å².